The first kappa shape index (κ1) is 30.5. The standard InChI is InChI=1S/C22H31ClN5O11P/c1-20(2,17(29)30)8-22(18(31)32,40(33,34-5)35-6)36-7-10-12-13(39-21(3,4)38-12)16(37-10)28-9-25-11-14(24)26-19(23)27-15(11)28/h9-10,12-13,16H,7-8H2,1-6H3,(H,29,30)(H,31,32)(H2,24,26,27)/t10-,12-,13-,16-,22?/m1/s1. The molecule has 2 aromatic heterocycles. The molecule has 2 aliphatic heterocycles. The quantitative estimate of drug-likeness (QED) is 0.246. The molecule has 4 heterocycles. The Kier molecular flexibility index (Phi) is 7.97. The van der Waals surface area contributed by atoms with Crippen molar-refractivity contribution in [3.8, 4) is 0 Å². The number of hydrogen-bond acceptors (Lipinski definition) is 13. The van der Waals surface area contributed by atoms with E-state index < -0.39 is 73.6 Å². The minimum absolute atomic E-state index is 0.0503. The summed E-state index contributed by atoms with van der Waals surface area (Å²) in [5.41, 5.74) is 4.74. The molecule has 4 N–H and O–H groups in total. The van der Waals surface area contributed by atoms with Crippen molar-refractivity contribution in [3.63, 3.8) is 0 Å². The van der Waals surface area contributed by atoms with Crippen LogP contribution in [0.5, 0.6) is 0 Å². The zero-order chi connectivity index (χ0) is 29.8. The van der Waals surface area contributed by atoms with Crippen LogP contribution in [0.1, 0.15) is 40.3 Å². The Bertz CT molecular complexity index is 1360. The average Bonchev–Trinajstić information content (AvgIpc) is 3.51. The molecule has 0 aliphatic carbocycles. The van der Waals surface area contributed by atoms with E-state index in [4.69, 9.17) is 45.3 Å². The molecule has 2 aromatic rings. The smallest absolute Gasteiger partial charge is 0.373 e. The van der Waals surface area contributed by atoms with E-state index in [0.29, 0.717) is 0 Å². The zero-order valence-corrected chi connectivity index (χ0v) is 24.2. The molecule has 0 aromatic carbocycles. The maximum Gasteiger partial charge on any atom is 0.373 e. The van der Waals surface area contributed by atoms with Crippen molar-refractivity contribution >= 4 is 48.1 Å². The number of hydrogen-bond donors (Lipinski definition) is 3. The molecular formula is C22H31ClN5O11P. The first-order valence-corrected chi connectivity index (χ1v) is 13.9. The number of aromatic nitrogens is 4. The second-order valence-electron chi connectivity index (χ2n) is 10.5. The van der Waals surface area contributed by atoms with Gasteiger partial charge >= 0.3 is 19.5 Å². The predicted octanol–water partition coefficient (Wildman–Crippen LogP) is 2.26. The second-order valence-corrected chi connectivity index (χ2v) is 13.2. The fraction of sp³-hybridized carbons (Fsp3) is 0.682. The number of aliphatic carboxylic acids is 2. The number of rotatable bonds is 11. The molecule has 0 bridgehead atoms. The molecule has 2 saturated heterocycles. The van der Waals surface area contributed by atoms with Crippen LogP contribution >= 0.6 is 19.2 Å². The number of ether oxygens (including phenoxy) is 4. The number of imidazole rings is 1. The molecule has 5 atom stereocenters. The van der Waals surface area contributed by atoms with Crippen molar-refractivity contribution < 1.29 is 52.4 Å². The lowest BCUT2D eigenvalue weighted by Gasteiger charge is -2.38. The van der Waals surface area contributed by atoms with Gasteiger partial charge in [-0.3, -0.25) is 13.9 Å². The lowest BCUT2D eigenvalue weighted by atomic mass is 9.86. The van der Waals surface area contributed by atoms with Gasteiger partial charge in [0, 0.05) is 20.6 Å². The summed E-state index contributed by atoms with van der Waals surface area (Å²) >= 11 is 6.01. The van der Waals surface area contributed by atoms with E-state index in [1.54, 1.807) is 13.8 Å². The van der Waals surface area contributed by atoms with E-state index in [2.05, 4.69) is 15.0 Å². The van der Waals surface area contributed by atoms with Gasteiger partial charge in [-0.1, -0.05) is 0 Å². The van der Waals surface area contributed by atoms with E-state index in [9.17, 15) is 24.4 Å². The molecule has 2 aliphatic rings. The van der Waals surface area contributed by atoms with Crippen LogP contribution in [-0.4, -0.2) is 91.9 Å². The molecule has 4 rings (SSSR count). The Morgan fingerprint density at radius 1 is 1.18 bits per heavy atom. The number of halogens is 1. The van der Waals surface area contributed by atoms with Gasteiger partial charge in [-0.25, -0.2) is 9.78 Å². The number of carboxylic acids is 2. The van der Waals surface area contributed by atoms with Gasteiger partial charge in [0.1, 0.15) is 23.8 Å². The van der Waals surface area contributed by atoms with E-state index >= 15 is 0 Å². The van der Waals surface area contributed by atoms with Crippen LogP contribution in [-0.2, 0) is 42.1 Å². The van der Waals surface area contributed by atoms with Crippen LogP contribution in [0.2, 0.25) is 5.28 Å². The Morgan fingerprint density at radius 3 is 2.38 bits per heavy atom. The SMILES string of the molecule is COP(=O)(OC)C(CC(C)(C)C(=O)O)(OC[C@H]1O[C@@H](n2cnc3c(N)nc(Cl)nc32)[C@@H]2OC(C)(C)O[C@@H]21)C(=O)O. The lowest BCUT2D eigenvalue weighted by molar-refractivity contribution is -0.207. The predicted molar refractivity (Wildman–Crippen MR) is 136 cm³/mol. The first-order chi connectivity index (χ1) is 18.5. The number of nitrogens with two attached hydrogens (primary N) is 1. The number of nitrogen functional groups attached to an aromatic ring is 1. The van der Waals surface area contributed by atoms with Crippen LogP contribution in [0, 0.1) is 5.41 Å². The van der Waals surface area contributed by atoms with Crippen LogP contribution < -0.4 is 5.73 Å². The maximum absolute atomic E-state index is 13.6. The summed E-state index contributed by atoms with van der Waals surface area (Å²) in [6.45, 7) is 5.38. The third-order valence-electron chi connectivity index (χ3n) is 6.82. The van der Waals surface area contributed by atoms with E-state index in [1.165, 1.54) is 24.7 Å². The van der Waals surface area contributed by atoms with Gasteiger partial charge in [0.25, 0.3) is 5.34 Å². The Labute approximate surface area is 233 Å². The molecule has 2 fully saturated rings. The summed E-state index contributed by atoms with van der Waals surface area (Å²) in [5.74, 6) is -4.11. The van der Waals surface area contributed by atoms with E-state index in [-0.39, 0.29) is 22.3 Å². The van der Waals surface area contributed by atoms with Gasteiger partial charge in [-0.2, -0.15) is 9.97 Å². The van der Waals surface area contributed by atoms with Gasteiger partial charge in [-0.05, 0) is 39.3 Å². The Hall–Kier alpha value is -2.43. The van der Waals surface area contributed by atoms with Gasteiger partial charge < -0.3 is 43.9 Å². The minimum Gasteiger partial charge on any atom is -0.481 e. The second kappa shape index (κ2) is 10.4. The summed E-state index contributed by atoms with van der Waals surface area (Å²) < 4.78 is 49.4. The van der Waals surface area contributed by atoms with Crippen molar-refractivity contribution in [2.75, 3.05) is 26.6 Å². The monoisotopic (exact) mass is 607 g/mol. The van der Waals surface area contributed by atoms with Crippen molar-refractivity contribution in [2.45, 2.75) is 69.8 Å². The summed E-state index contributed by atoms with van der Waals surface area (Å²) in [6, 6.07) is 0. The zero-order valence-electron chi connectivity index (χ0n) is 22.6. The van der Waals surface area contributed by atoms with Crippen molar-refractivity contribution in [1.29, 1.82) is 0 Å². The number of carbonyl (C=O) groups is 2. The number of anilines is 1. The highest BCUT2D eigenvalue weighted by Crippen LogP contribution is 2.63. The normalized spacial score (nSPS) is 26.1. The summed E-state index contributed by atoms with van der Waals surface area (Å²) in [6.07, 6.45) is -2.85. The molecule has 0 amide bonds. The highest BCUT2D eigenvalue weighted by atomic mass is 35.5. The van der Waals surface area contributed by atoms with Gasteiger partial charge in [-0.15, -0.1) is 0 Å². The average molecular weight is 608 g/mol. The highest BCUT2D eigenvalue weighted by molar-refractivity contribution is 7.56. The first-order valence-electron chi connectivity index (χ1n) is 12.0. The molecule has 0 spiro atoms. The molecule has 1 unspecified atom stereocenters. The topological polar surface area (TPSA) is 217 Å². The van der Waals surface area contributed by atoms with Crippen LogP contribution in [0.25, 0.3) is 11.2 Å². The van der Waals surface area contributed by atoms with E-state index in [1.807, 2.05) is 0 Å². The van der Waals surface area contributed by atoms with Crippen molar-refractivity contribution in [1.82, 2.24) is 19.5 Å². The van der Waals surface area contributed by atoms with Gasteiger partial charge in [0.2, 0.25) is 5.28 Å². The molecule has 222 valence electrons. The fourth-order valence-electron chi connectivity index (χ4n) is 4.86. The maximum atomic E-state index is 13.6. The van der Waals surface area contributed by atoms with Crippen molar-refractivity contribution in [2.24, 2.45) is 5.41 Å². The highest BCUT2D eigenvalue weighted by Gasteiger charge is 2.63. The van der Waals surface area contributed by atoms with Crippen LogP contribution in [0.3, 0.4) is 0 Å². The van der Waals surface area contributed by atoms with Crippen molar-refractivity contribution in [3.05, 3.63) is 11.6 Å². The molecule has 16 nitrogen and oxygen atoms in total. The summed E-state index contributed by atoms with van der Waals surface area (Å²) in [4.78, 5) is 36.9. The van der Waals surface area contributed by atoms with Gasteiger partial charge in [0.05, 0.1) is 18.3 Å². The summed E-state index contributed by atoms with van der Waals surface area (Å²) in [5, 5.41) is 17.2. The fourth-order valence-corrected chi connectivity index (χ4v) is 6.83. The Balaban J connectivity index is 1.72. The molecule has 40 heavy (non-hydrogen) atoms. The minimum atomic E-state index is -4.61. The molecular weight excluding hydrogens is 577 g/mol. The van der Waals surface area contributed by atoms with Crippen LogP contribution in [0.4, 0.5) is 5.82 Å². The van der Waals surface area contributed by atoms with E-state index in [0.717, 1.165) is 14.2 Å². The van der Waals surface area contributed by atoms with Crippen LogP contribution in [0.15, 0.2) is 6.33 Å². The number of nitrogens with zero attached hydrogens (tertiary/aromatic N) is 4. The summed E-state index contributed by atoms with van der Waals surface area (Å²) in [7, 11) is -2.64. The number of fused-ring (bicyclic) bond motifs is 2. The third kappa shape index (κ3) is 5.07. The lowest BCUT2D eigenvalue weighted by Crippen LogP contribution is -2.49. The third-order valence-corrected chi connectivity index (χ3v) is 9.32. The van der Waals surface area contributed by atoms with Gasteiger partial charge in [0.15, 0.2) is 23.5 Å². The molecule has 0 saturated carbocycles. The Morgan fingerprint density at radius 2 is 1.80 bits per heavy atom. The number of carboxylic acid groups (broad SMARTS) is 2. The largest absolute Gasteiger partial charge is 0.481 e. The molecule has 0 radical (unpaired) electrons. The molecule has 18 heteroatoms.